The van der Waals surface area contributed by atoms with Gasteiger partial charge in [0.2, 0.25) is 10.0 Å². The summed E-state index contributed by atoms with van der Waals surface area (Å²) in [6.45, 7) is 4.12. The number of hydrogen-bond donors (Lipinski definition) is 1. The molecule has 0 aliphatic heterocycles. The van der Waals surface area contributed by atoms with Gasteiger partial charge in [0.1, 0.15) is 6.67 Å². The zero-order valence-electron chi connectivity index (χ0n) is 9.62. The molecule has 1 aromatic carbocycles. The van der Waals surface area contributed by atoms with Gasteiger partial charge in [0.15, 0.2) is 0 Å². The summed E-state index contributed by atoms with van der Waals surface area (Å²) in [5.74, 6) is 0. The van der Waals surface area contributed by atoms with Gasteiger partial charge in [-0.25, -0.2) is 17.5 Å². The number of hydrogen-bond acceptors (Lipinski definition) is 2. The molecule has 0 heterocycles. The van der Waals surface area contributed by atoms with Crippen molar-refractivity contribution in [2.75, 3.05) is 6.67 Å². The molecule has 0 fully saturated rings. The van der Waals surface area contributed by atoms with Crippen LogP contribution in [0.1, 0.15) is 19.4 Å². The summed E-state index contributed by atoms with van der Waals surface area (Å²) in [7, 11) is -3.64. The second-order valence-corrected chi connectivity index (χ2v) is 6.12. The molecule has 0 amide bonds. The van der Waals surface area contributed by atoms with Gasteiger partial charge in [0, 0.05) is 0 Å². The minimum atomic E-state index is -3.64. The molecule has 0 unspecified atom stereocenters. The van der Waals surface area contributed by atoms with E-state index in [0.29, 0.717) is 0 Å². The van der Waals surface area contributed by atoms with Gasteiger partial charge in [-0.05, 0) is 32.9 Å². The van der Waals surface area contributed by atoms with E-state index in [1.54, 1.807) is 12.1 Å². The molecule has 5 heteroatoms. The first-order valence-electron chi connectivity index (χ1n) is 4.93. The van der Waals surface area contributed by atoms with Crippen LogP contribution in [0.2, 0.25) is 0 Å². The van der Waals surface area contributed by atoms with Crippen molar-refractivity contribution in [3.63, 3.8) is 0 Å². The maximum atomic E-state index is 12.6. The maximum absolute atomic E-state index is 12.6. The van der Waals surface area contributed by atoms with Gasteiger partial charge in [-0.3, -0.25) is 0 Å². The average molecular weight is 245 g/mol. The molecule has 0 aliphatic rings. The lowest BCUT2D eigenvalue weighted by atomic mass is 10.1. The van der Waals surface area contributed by atoms with Crippen molar-refractivity contribution in [2.45, 2.75) is 31.2 Å². The van der Waals surface area contributed by atoms with E-state index >= 15 is 0 Å². The lowest BCUT2D eigenvalue weighted by molar-refractivity contribution is 0.326. The van der Waals surface area contributed by atoms with E-state index in [9.17, 15) is 12.8 Å². The van der Waals surface area contributed by atoms with Crippen molar-refractivity contribution in [1.29, 1.82) is 0 Å². The molecule has 90 valence electrons. The van der Waals surface area contributed by atoms with Crippen molar-refractivity contribution in [3.8, 4) is 0 Å². The lowest BCUT2D eigenvalue weighted by Crippen LogP contribution is -2.44. The number of halogens is 1. The Morgan fingerprint density at radius 2 is 1.75 bits per heavy atom. The highest BCUT2D eigenvalue weighted by Gasteiger charge is 2.25. The standard InChI is InChI=1S/C11H16FNO2S/c1-9-4-6-10(7-5-9)16(14,15)13-11(2,3)8-12/h4-7,13H,8H2,1-3H3. The van der Waals surface area contributed by atoms with E-state index in [2.05, 4.69) is 4.72 Å². The molecule has 0 saturated heterocycles. The fourth-order valence-electron chi connectivity index (χ4n) is 1.17. The summed E-state index contributed by atoms with van der Waals surface area (Å²) < 4.78 is 38.5. The van der Waals surface area contributed by atoms with Crippen molar-refractivity contribution in [1.82, 2.24) is 4.72 Å². The van der Waals surface area contributed by atoms with E-state index in [0.717, 1.165) is 5.56 Å². The number of aryl methyl sites for hydroxylation is 1. The third-order valence-electron chi connectivity index (χ3n) is 2.08. The molecule has 0 radical (unpaired) electrons. The first kappa shape index (κ1) is 13.1. The second kappa shape index (κ2) is 4.51. The van der Waals surface area contributed by atoms with E-state index in [4.69, 9.17) is 0 Å². The quantitative estimate of drug-likeness (QED) is 0.882. The predicted octanol–water partition coefficient (Wildman–Crippen LogP) is 2.02. The van der Waals surface area contributed by atoms with Crippen LogP contribution < -0.4 is 4.72 Å². The topological polar surface area (TPSA) is 46.2 Å². The smallest absolute Gasteiger partial charge is 0.241 e. The Morgan fingerprint density at radius 3 is 2.19 bits per heavy atom. The largest absolute Gasteiger partial charge is 0.249 e. The van der Waals surface area contributed by atoms with Crippen LogP contribution in [-0.2, 0) is 10.0 Å². The minimum absolute atomic E-state index is 0.152. The van der Waals surface area contributed by atoms with Gasteiger partial charge in [-0.1, -0.05) is 17.7 Å². The van der Waals surface area contributed by atoms with E-state index in [1.807, 2.05) is 6.92 Å². The molecule has 0 atom stereocenters. The van der Waals surface area contributed by atoms with Crippen molar-refractivity contribution >= 4 is 10.0 Å². The highest BCUT2D eigenvalue weighted by atomic mass is 32.2. The fourth-order valence-corrected chi connectivity index (χ4v) is 2.56. The van der Waals surface area contributed by atoms with Gasteiger partial charge in [-0.15, -0.1) is 0 Å². The van der Waals surface area contributed by atoms with Crippen LogP contribution in [0.5, 0.6) is 0 Å². The molecule has 0 bridgehead atoms. The molecule has 16 heavy (non-hydrogen) atoms. The van der Waals surface area contributed by atoms with Crippen LogP contribution in [0.25, 0.3) is 0 Å². The molecule has 0 aromatic heterocycles. The average Bonchev–Trinajstić information content (AvgIpc) is 2.17. The molecule has 0 spiro atoms. The summed E-state index contributed by atoms with van der Waals surface area (Å²) >= 11 is 0. The Labute approximate surface area is 95.7 Å². The van der Waals surface area contributed by atoms with Crippen LogP contribution in [0.15, 0.2) is 29.2 Å². The van der Waals surface area contributed by atoms with Crippen LogP contribution in [-0.4, -0.2) is 20.6 Å². The Hall–Kier alpha value is -0.940. The highest BCUT2D eigenvalue weighted by Crippen LogP contribution is 2.14. The molecule has 1 N–H and O–H groups in total. The minimum Gasteiger partial charge on any atom is -0.249 e. The zero-order valence-corrected chi connectivity index (χ0v) is 10.4. The van der Waals surface area contributed by atoms with E-state index < -0.39 is 22.2 Å². The summed E-state index contributed by atoms with van der Waals surface area (Å²) in [6.07, 6.45) is 0. The van der Waals surface area contributed by atoms with Gasteiger partial charge >= 0.3 is 0 Å². The third kappa shape index (κ3) is 3.28. The Kier molecular flexibility index (Phi) is 3.70. The fraction of sp³-hybridized carbons (Fsp3) is 0.455. The van der Waals surface area contributed by atoms with E-state index in [-0.39, 0.29) is 4.90 Å². The second-order valence-electron chi connectivity index (χ2n) is 4.44. The maximum Gasteiger partial charge on any atom is 0.241 e. The third-order valence-corrected chi connectivity index (χ3v) is 3.79. The lowest BCUT2D eigenvalue weighted by Gasteiger charge is -2.22. The summed E-state index contributed by atoms with van der Waals surface area (Å²) in [5.41, 5.74) is -0.104. The summed E-state index contributed by atoms with van der Waals surface area (Å²) in [5, 5.41) is 0. The van der Waals surface area contributed by atoms with Gasteiger partial charge < -0.3 is 0 Å². The monoisotopic (exact) mass is 245 g/mol. The number of rotatable bonds is 4. The number of nitrogens with one attached hydrogen (secondary N) is 1. The molecular weight excluding hydrogens is 229 g/mol. The number of alkyl halides is 1. The molecule has 3 nitrogen and oxygen atoms in total. The van der Waals surface area contributed by atoms with Crippen molar-refractivity contribution in [2.24, 2.45) is 0 Å². The highest BCUT2D eigenvalue weighted by molar-refractivity contribution is 7.89. The predicted molar refractivity (Wildman–Crippen MR) is 61.6 cm³/mol. The summed E-state index contributed by atoms with van der Waals surface area (Å²) in [6, 6.07) is 6.42. The molecule has 0 aliphatic carbocycles. The Morgan fingerprint density at radius 1 is 1.25 bits per heavy atom. The molecule has 1 rings (SSSR count). The van der Waals surface area contributed by atoms with Gasteiger partial charge in [0.05, 0.1) is 10.4 Å². The Bertz CT molecular complexity index is 451. The van der Waals surface area contributed by atoms with E-state index in [1.165, 1.54) is 26.0 Å². The van der Waals surface area contributed by atoms with Crippen LogP contribution >= 0.6 is 0 Å². The molecule has 1 aromatic rings. The van der Waals surface area contributed by atoms with Crippen molar-refractivity contribution in [3.05, 3.63) is 29.8 Å². The van der Waals surface area contributed by atoms with Gasteiger partial charge in [0.25, 0.3) is 0 Å². The zero-order chi connectivity index (χ0) is 12.4. The summed E-state index contributed by atoms with van der Waals surface area (Å²) in [4.78, 5) is 0.152. The first-order valence-corrected chi connectivity index (χ1v) is 6.42. The van der Waals surface area contributed by atoms with Crippen LogP contribution in [0.4, 0.5) is 4.39 Å². The number of benzene rings is 1. The normalized spacial score (nSPS) is 12.8. The van der Waals surface area contributed by atoms with Crippen LogP contribution in [0, 0.1) is 6.92 Å². The molecular formula is C11H16FNO2S. The SMILES string of the molecule is Cc1ccc(S(=O)(=O)NC(C)(C)CF)cc1. The first-order chi connectivity index (χ1) is 7.27. The number of sulfonamides is 1. The molecule has 0 saturated carbocycles. The van der Waals surface area contributed by atoms with Crippen molar-refractivity contribution < 1.29 is 12.8 Å². The van der Waals surface area contributed by atoms with Gasteiger partial charge in [-0.2, -0.15) is 0 Å². The Balaban J connectivity index is 2.99. The van der Waals surface area contributed by atoms with Crippen LogP contribution in [0.3, 0.4) is 0 Å².